The van der Waals surface area contributed by atoms with E-state index in [-0.39, 0.29) is 5.60 Å². The van der Waals surface area contributed by atoms with Gasteiger partial charge in [0, 0.05) is 39.3 Å². The summed E-state index contributed by atoms with van der Waals surface area (Å²) >= 11 is 0. The number of hydrogen-bond acceptors (Lipinski definition) is 3. The van der Waals surface area contributed by atoms with Crippen LogP contribution in [-0.2, 0) is 17.8 Å². The Morgan fingerprint density at radius 1 is 1.22 bits per heavy atom. The molecule has 0 spiro atoms. The number of aliphatic imine (C=N–C) groups is 1. The average Bonchev–Trinajstić information content (AvgIpc) is 3.11. The van der Waals surface area contributed by atoms with Crippen LogP contribution in [-0.4, -0.2) is 49.2 Å². The summed E-state index contributed by atoms with van der Waals surface area (Å²) in [6.07, 6.45) is 6.26. The molecule has 0 amide bonds. The molecule has 0 aliphatic carbocycles. The van der Waals surface area contributed by atoms with Gasteiger partial charge in [0.2, 0.25) is 0 Å². The lowest BCUT2D eigenvalue weighted by Gasteiger charge is -2.33. The van der Waals surface area contributed by atoms with Gasteiger partial charge in [-0.1, -0.05) is 30.7 Å². The molecule has 2 atom stereocenters. The van der Waals surface area contributed by atoms with E-state index in [9.17, 15) is 0 Å². The van der Waals surface area contributed by atoms with Crippen LogP contribution >= 0.6 is 0 Å². The first-order valence-electron chi connectivity index (χ1n) is 10.5. The highest BCUT2D eigenvalue weighted by Crippen LogP contribution is 2.24. The van der Waals surface area contributed by atoms with Crippen LogP contribution in [0.5, 0.6) is 0 Å². The van der Waals surface area contributed by atoms with Crippen molar-refractivity contribution in [2.75, 3.05) is 26.7 Å². The molecule has 2 N–H and O–H groups in total. The van der Waals surface area contributed by atoms with Crippen molar-refractivity contribution in [3.63, 3.8) is 0 Å². The fraction of sp³-hybridized carbons (Fsp3) is 0.682. The first kappa shape index (κ1) is 20.2. The number of hydrogen-bond donors (Lipinski definition) is 2. The molecule has 0 aromatic heterocycles. The second-order valence-electron chi connectivity index (χ2n) is 8.27. The van der Waals surface area contributed by atoms with E-state index in [0.717, 1.165) is 45.0 Å². The summed E-state index contributed by atoms with van der Waals surface area (Å²) in [5.74, 6) is 0.841. The van der Waals surface area contributed by atoms with Crippen LogP contribution in [0.1, 0.15) is 57.1 Å². The molecule has 5 heteroatoms. The van der Waals surface area contributed by atoms with Gasteiger partial charge in [-0.25, -0.2) is 0 Å². The Hall–Kier alpha value is -1.59. The number of guanidine groups is 1. The quantitative estimate of drug-likeness (QED) is 0.594. The number of ether oxygens (including phenoxy) is 1. The van der Waals surface area contributed by atoms with Crippen LogP contribution in [0, 0.1) is 0 Å². The van der Waals surface area contributed by atoms with Crippen molar-refractivity contribution in [1.82, 2.24) is 15.5 Å². The third-order valence-corrected chi connectivity index (χ3v) is 6.03. The molecule has 2 aliphatic heterocycles. The molecule has 1 aromatic rings. The Morgan fingerprint density at radius 3 is 2.74 bits per heavy atom. The SMILES string of the molecule is CN=C(NCc1ccccc1CN1CCCCC1C)NCC1(C)CCCO1. The third kappa shape index (κ3) is 5.69. The highest BCUT2D eigenvalue weighted by atomic mass is 16.5. The monoisotopic (exact) mass is 372 g/mol. The maximum Gasteiger partial charge on any atom is 0.191 e. The summed E-state index contributed by atoms with van der Waals surface area (Å²) in [6, 6.07) is 9.46. The van der Waals surface area contributed by atoms with Crippen molar-refractivity contribution in [3.8, 4) is 0 Å². The molecule has 2 fully saturated rings. The molecular formula is C22H36N4O. The van der Waals surface area contributed by atoms with Crippen LogP contribution in [0.25, 0.3) is 0 Å². The van der Waals surface area contributed by atoms with E-state index in [0.29, 0.717) is 6.04 Å². The minimum Gasteiger partial charge on any atom is -0.373 e. The normalized spacial score (nSPS) is 26.9. The maximum absolute atomic E-state index is 5.86. The largest absolute Gasteiger partial charge is 0.373 e. The predicted molar refractivity (Wildman–Crippen MR) is 112 cm³/mol. The number of nitrogens with one attached hydrogen (secondary N) is 2. The lowest BCUT2D eigenvalue weighted by atomic mass is 10.0. The molecule has 1 aromatic carbocycles. The molecule has 2 unspecified atom stereocenters. The summed E-state index contributed by atoms with van der Waals surface area (Å²) in [7, 11) is 1.83. The standard InChI is InChI=1S/C22H36N4O/c1-18-9-6-7-13-26(18)16-20-11-5-4-10-19(20)15-24-21(23-3)25-17-22(2)12-8-14-27-22/h4-5,10-11,18H,6-9,12-17H2,1-3H3,(H2,23,24,25). The van der Waals surface area contributed by atoms with E-state index in [1.54, 1.807) is 0 Å². The van der Waals surface area contributed by atoms with Gasteiger partial charge >= 0.3 is 0 Å². The fourth-order valence-electron chi connectivity index (χ4n) is 4.14. The van der Waals surface area contributed by atoms with Gasteiger partial charge in [-0.2, -0.15) is 0 Å². The van der Waals surface area contributed by atoms with Crippen LogP contribution < -0.4 is 10.6 Å². The molecule has 27 heavy (non-hydrogen) atoms. The summed E-state index contributed by atoms with van der Waals surface area (Å²) in [5, 5.41) is 6.91. The number of nitrogens with zero attached hydrogens (tertiary/aromatic N) is 2. The van der Waals surface area contributed by atoms with E-state index < -0.39 is 0 Å². The second kappa shape index (κ2) is 9.56. The van der Waals surface area contributed by atoms with Gasteiger partial charge in [-0.3, -0.25) is 9.89 Å². The van der Waals surface area contributed by atoms with Crippen molar-refractivity contribution >= 4 is 5.96 Å². The number of rotatable bonds is 6. The van der Waals surface area contributed by atoms with Gasteiger partial charge in [0.1, 0.15) is 0 Å². The topological polar surface area (TPSA) is 48.9 Å². The minimum atomic E-state index is -0.0695. The summed E-state index contributed by atoms with van der Waals surface area (Å²) in [5.41, 5.74) is 2.70. The average molecular weight is 373 g/mol. The lowest BCUT2D eigenvalue weighted by Crippen LogP contribution is -2.45. The summed E-state index contributed by atoms with van der Waals surface area (Å²) < 4.78 is 5.86. The zero-order valence-corrected chi connectivity index (χ0v) is 17.3. The first-order valence-corrected chi connectivity index (χ1v) is 10.5. The van der Waals surface area contributed by atoms with Gasteiger partial charge in [0.05, 0.1) is 5.60 Å². The van der Waals surface area contributed by atoms with E-state index in [1.807, 2.05) is 7.05 Å². The van der Waals surface area contributed by atoms with Gasteiger partial charge in [0.25, 0.3) is 0 Å². The fourth-order valence-corrected chi connectivity index (χ4v) is 4.14. The lowest BCUT2D eigenvalue weighted by molar-refractivity contribution is 0.0243. The van der Waals surface area contributed by atoms with Gasteiger partial charge in [-0.15, -0.1) is 0 Å². The zero-order valence-electron chi connectivity index (χ0n) is 17.3. The molecule has 2 aliphatic rings. The summed E-state index contributed by atoms with van der Waals surface area (Å²) in [4.78, 5) is 7.00. The highest BCUT2D eigenvalue weighted by Gasteiger charge is 2.29. The molecule has 0 bridgehead atoms. The number of piperidine rings is 1. The van der Waals surface area contributed by atoms with Gasteiger partial charge in [-0.05, 0) is 57.2 Å². The van der Waals surface area contributed by atoms with E-state index in [2.05, 4.69) is 58.6 Å². The van der Waals surface area contributed by atoms with Crippen molar-refractivity contribution in [3.05, 3.63) is 35.4 Å². The number of benzene rings is 1. The minimum absolute atomic E-state index is 0.0695. The Kier molecular flexibility index (Phi) is 7.13. The molecule has 3 rings (SSSR count). The van der Waals surface area contributed by atoms with Crippen LogP contribution in [0.15, 0.2) is 29.3 Å². The van der Waals surface area contributed by atoms with Crippen molar-refractivity contribution in [2.24, 2.45) is 4.99 Å². The van der Waals surface area contributed by atoms with Gasteiger partial charge in [0.15, 0.2) is 5.96 Å². The maximum atomic E-state index is 5.86. The van der Waals surface area contributed by atoms with Crippen molar-refractivity contribution < 1.29 is 4.74 Å². The molecule has 5 nitrogen and oxygen atoms in total. The third-order valence-electron chi connectivity index (χ3n) is 6.03. The summed E-state index contributed by atoms with van der Waals surface area (Å²) in [6.45, 7) is 9.23. The Morgan fingerprint density at radius 2 is 2.04 bits per heavy atom. The van der Waals surface area contributed by atoms with Crippen LogP contribution in [0.2, 0.25) is 0 Å². The van der Waals surface area contributed by atoms with Crippen molar-refractivity contribution in [2.45, 2.75) is 70.7 Å². The molecule has 2 saturated heterocycles. The van der Waals surface area contributed by atoms with E-state index >= 15 is 0 Å². The molecule has 150 valence electrons. The van der Waals surface area contributed by atoms with Crippen LogP contribution in [0.4, 0.5) is 0 Å². The number of likely N-dealkylation sites (tertiary alicyclic amines) is 1. The molecule has 0 radical (unpaired) electrons. The molecular weight excluding hydrogens is 336 g/mol. The molecule has 0 saturated carbocycles. The Balaban J connectivity index is 1.55. The first-order chi connectivity index (χ1) is 13.1. The smallest absolute Gasteiger partial charge is 0.191 e. The second-order valence-corrected chi connectivity index (χ2v) is 8.27. The van der Waals surface area contributed by atoms with Crippen LogP contribution in [0.3, 0.4) is 0 Å². The van der Waals surface area contributed by atoms with E-state index in [1.165, 1.54) is 36.9 Å². The highest BCUT2D eigenvalue weighted by molar-refractivity contribution is 5.79. The van der Waals surface area contributed by atoms with E-state index in [4.69, 9.17) is 4.74 Å². The molecule has 2 heterocycles. The van der Waals surface area contributed by atoms with Crippen molar-refractivity contribution in [1.29, 1.82) is 0 Å². The Bertz CT molecular complexity index is 624. The Labute approximate surface area is 164 Å². The van der Waals surface area contributed by atoms with Gasteiger partial charge < -0.3 is 15.4 Å². The predicted octanol–water partition coefficient (Wildman–Crippen LogP) is 3.30. The zero-order chi connectivity index (χ0) is 19.1.